The van der Waals surface area contributed by atoms with Crippen LogP contribution in [-0.4, -0.2) is 46.4 Å². The molecule has 2 heterocycles. The quantitative estimate of drug-likeness (QED) is 0.852. The molecule has 2 aromatic rings. The van der Waals surface area contributed by atoms with Gasteiger partial charge >= 0.3 is 0 Å². The topological polar surface area (TPSA) is 47.4 Å². The second kappa shape index (κ2) is 7.42. The van der Waals surface area contributed by atoms with Crippen LogP contribution < -0.4 is 0 Å². The van der Waals surface area contributed by atoms with E-state index in [0.717, 1.165) is 24.9 Å². The van der Waals surface area contributed by atoms with Gasteiger partial charge in [0.25, 0.3) is 5.91 Å². The van der Waals surface area contributed by atoms with Gasteiger partial charge in [0, 0.05) is 32.1 Å². The number of likely N-dealkylation sites (tertiary alicyclic amines) is 1. The van der Waals surface area contributed by atoms with Gasteiger partial charge in [-0.2, -0.15) is 5.10 Å². The van der Waals surface area contributed by atoms with Crippen molar-refractivity contribution in [3.05, 3.63) is 54.4 Å². The summed E-state index contributed by atoms with van der Waals surface area (Å²) in [6.07, 6.45) is 5.71. The van der Waals surface area contributed by atoms with Crippen LogP contribution >= 0.6 is 0 Å². The van der Waals surface area contributed by atoms with Crippen LogP contribution in [0.3, 0.4) is 0 Å². The van der Waals surface area contributed by atoms with Gasteiger partial charge in [0.2, 0.25) is 0 Å². The summed E-state index contributed by atoms with van der Waals surface area (Å²) in [6, 6.07) is 11.3. The fraction of sp³-hybridized carbons (Fsp3) is 0.444. The van der Waals surface area contributed by atoms with E-state index in [4.69, 9.17) is 4.74 Å². The summed E-state index contributed by atoms with van der Waals surface area (Å²) in [5, 5.41) is 4.30. The number of piperidine rings is 1. The largest absolute Gasteiger partial charge is 0.377 e. The van der Waals surface area contributed by atoms with E-state index in [9.17, 15) is 4.79 Å². The van der Waals surface area contributed by atoms with Gasteiger partial charge in [0.15, 0.2) is 6.04 Å². The summed E-state index contributed by atoms with van der Waals surface area (Å²) in [7, 11) is 0. The molecule has 0 radical (unpaired) electrons. The van der Waals surface area contributed by atoms with Crippen LogP contribution in [0.1, 0.15) is 31.4 Å². The summed E-state index contributed by atoms with van der Waals surface area (Å²) >= 11 is 0. The second-order valence-corrected chi connectivity index (χ2v) is 5.80. The van der Waals surface area contributed by atoms with Crippen LogP contribution in [0.2, 0.25) is 0 Å². The number of aromatic nitrogens is 2. The maximum Gasteiger partial charge on any atom is 0.252 e. The number of carbonyl (C=O) groups excluding carboxylic acids is 1. The van der Waals surface area contributed by atoms with Crippen LogP contribution in [0.15, 0.2) is 48.8 Å². The van der Waals surface area contributed by atoms with Crippen molar-refractivity contribution in [2.45, 2.75) is 31.9 Å². The molecular weight excluding hydrogens is 290 g/mol. The highest BCUT2D eigenvalue weighted by atomic mass is 16.5. The van der Waals surface area contributed by atoms with Gasteiger partial charge in [-0.1, -0.05) is 30.3 Å². The second-order valence-electron chi connectivity index (χ2n) is 5.80. The highest BCUT2D eigenvalue weighted by Crippen LogP contribution is 2.23. The summed E-state index contributed by atoms with van der Waals surface area (Å²) in [5.74, 6) is 0.0873. The molecular formula is C18H23N3O2. The number of nitrogens with zero attached hydrogens (tertiary/aromatic N) is 3. The van der Waals surface area contributed by atoms with E-state index in [0.29, 0.717) is 13.2 Å². The van der Waals surface area contributed by atoms with Gasteiger partial charge in [0.05, 0.1) is 6.10 Å². The molecule has 1 fully saturated rings. The van der Waals surface area contributed by atoms with E-state index in [1.807, 2.05) is 54.4 Å². The molecule has 23 heavy (non-hydrogen) atoms. The van der Waals surface area contributed by atoms with Crippen LogP contribution in [0.5, 0.6) is 0 Å². The smallest absolute Gasteiger partial charge is 0.252 e. The lowest BCUT2D eigenvalue weighted by atomic mass is 10.0. The van der Waals surface area contributed by atoms with E-state index < -0.39 is 6.04 Å². The molecule has 122 valence electrons. The summed E-state index contributed by atoms with van der Waals surface area (Å²) in [6.45, 7) is 4.13. The molecule has 1 amide bonds. The number of rotatable bonds is 5. The maximum absolute atomic E-state index is 13.2. The van der Waals surface area contributed by atoms with Gasteiger partial charge in [-0.25, -0.2) is 0 Å². The van der Waals surface area contributed by atoms with Crippen LogP contribution in [-0.2, 0) is 9.53 Å². The minimum atomic E-state index is -0.411. The molecule has 0 aliphatic carbocycles. The fourth-order valence-corrected chi connectivity index (χ4v) is 3.16. The molecule has 0 bridgehead atoms. The number of benzene rings is 1. The Balaban J connectivity index is 1.83. The first-order chi connectivity index (χ1) is 11.3. The standard InChI is InChI=1S/C18H23N3O2/c1-2-23-16-10-6-12-20(14-16)18(22)17(21-13-7-11-19-21)15-8-4-3-5-9-15/h3-5,7-9,11,13,16-17H,2,6,10,12,14H2,1H3/t16-,17-/m0/s1. The Morgan fingerprint density at radius 3 is 2.87 bits per heavy atom. The van der Waals surface area contributed by atoms with Crippen molar-refractivity contribution in [3.63, 3.8) is 0 Å². The van der Waals surface area contributed by atoms with Crippen molar-refractivity contribution in [1.29, 1.82) is 0 Å². The first-order valence-corrected chi connectivity index (χ1v) is 8.24. The Morgan fingerprint density at radius 1 is 1.35 bits per heavy atom. The SMILES string of the molecule is CCO[C@H]1CCCN(C(=O)[C@H](c2ccccc2)n2cccn2)C1. The number of amides is 1. The summed E-state index contributed by atoms with van der Waals surface area (Å²) < 4.78 is 7.46. The van der Waals surface area contributed by atoms with Gasteiger partial charge < -0.3 is 9.64 Å². The molecule has 1 aliphatic heterocycles. The van der Waals surface area contributed by atoms with Gasteiger partial charge in [0.1, 0.15) is 0 Å². The zero-order valence-corrected chi connectivity index (χ0v) is 13.5. The van der Waals surface area contributed by atoms with Crippen molar-refractivity contribution >= 4 is 5.91 Å². The highest BCUT2D eigenvalue weighted by molar-refractivity contribution is 5.83. The Hall–Kier alpha value is -2.14. The maximum atomic E-state index is 13.2. The van der Waals surface area contributed by atoms with Gasteiger partial charge in [-0.15, -0.1) is 0 Å². The molecule has 1 aromatic carbocycles. The fourth-order valence-electron chi connectivity index (χ4n) is 3.16. The van der Waals surface area contributed by atoms with E-state index >= 15 is 0 Å². The first-order valence-electron chi connectivity index (χ1n) is 8.24. The summed E-state index contributed by atoms with van der Waals surface area (Å²) in [5.41, 5.74) is 0.958. The van der Waals surface area contributed by atoms with E-state index in [-0.39, 0.29) is 12.0 Å². The zero-order chi connectivity index (χ0) is 16.1. The Bertz CT molecular complexity index is 610. The summed E-state index contributed by atoms with van der Waals surface area (Å²) in [4.78, 5) is 15.1. The average molecular weight is 313 g/mol. The Labute approximate surface area is 136 Å². The molecule has 0 saturated carbocycles. The lowest BCUT2D eigenvalue weighted by molar-refractivity contribution is -0.137. The van der Waals surface area contributed by atoms with Crippen LogP contribution in [0, 0.1) is 0 Å². The number of hydrogen-bond donors (Lipinski definition) is 0. The molecule has 3 rings (SSSR count). The van der Waals surface area contributed by atoms with E-state index in [1.165, 1.54) is 0 Å². The van der Waals surface area contributed by atoms with Crippen molar-refractivity contribution in [2.75, 3.05) is 19.7 Å². The van der Waals surface area contributed by atoms with Crippen molar-refractivity contribution in [2.24, 2.45) is 0 Å². The number of ether oxygens (including phenoxy) is 1. The predicted octanol–water partition coefficient (Wildman–Crippen LogP) is 2.50. The molecule has 2 atom stereocenters. The van der Waals surface area contributed by atoms with Crippen molar-refractivity contribution < 1.29 is 9.53 Å². The lowest BCUT2D eigenvalue weighted by Gasteiger charge is -2.34. The van der Waals surface area contributed by atoms with Gasteiger partial charge in [-0.05, 0) is 31.4 Å². The molecule has 1 aliphatic rings. The lowest BCUT2D eigenvalue weighted by Crippen LogP contribution is -2.46. The predicted molar refractivity (Wildman–Crippen MR) is 88.0 cm³/mol. The highest BCUT2D eigenvalue weighted by Gasteiger charge is 2.31. The normalized spacial score (nSPS) is 19.5. The third kappa shape index (κ3) is 3.62. The Kier molecular flexibility index (Phi) is 5.08. The third-order valence-electron chi connectivity index (χ3n) is 4.23. The zero-order valence-electron chi connectivity index (χ0n) is 13.5. The van der Waals surface area contributed by atoms with Gasteiger partial charge in [-0.3, -0.25) is 9.48 Å². The Morgan fingerprint density at radius 2 is 2.17 bits per heavy atom. The third-order valence-corrected chi connectivity index (χ3v) is 4.23. The molecule has 0 spiro atoms. The molecule has 0 unspecified atom stereocenters. The first kappa shape index (κ1) is 15.7. The number of hydrogen-bond acceptors (Lipinski definition) is 3. The van der Waals surface area contributed by atoms with E-state index in [2.05, 4.69) is 5.10 Å². The average Bonchev–Trinajstić information content (AvgIpc) is 3.11. The van der Waals surface area contributed by atoms with Crippen LogP contribution in [0.4, 0.5) is 0 Å². The minimum absolute atomic E-state index is 0.0873. The minimum Gasteiger partial charge on any atom is -0.377 e. The monoisotopic (exact) mass is 313 g/mol. The molecule has 5 nitrogen and oxygen atoms in total. The molecule has 0 N–H and O–H groups in total. The molecule has 1 aromatic heterocycles. The van der Waals surface area contributed by atoms with Crippen molar-refractivity contribution in [1.82, 2.24) is 14.7 Å². The van der Waals surface area contributed by atoms with Crippen LogP contribution in [0.25, 0.3) is 0 Å². The number of carbonyl (C=O) groups is 1. The molecule has 5 heteroatoms. The molecule has 1 saturated heterocycles. The van der Waals surface area contributed by atoms with E-state index in [1.54, 1.807) is 10.9 Å². The van der Waals surface area contributed by atoms with Crippen molar-refractivity contribution in [3.8, 4) is 0 Å².